The summed E-state index contributed by atoms with van der Waals surface area (Å²) in [5.41, 5.74) is 0. The van der Waals surface area contributed by atoms with E-state index in [-0.39, 0.29) is 5.91 Å². The number of carbonyl (C=O) groups is 1. The Morgan fingerprint density at radius 1 is 1.07 bits per heavy atom. The van der Waals surface area contributed by atoms with Crippen molar-refractivity contribution in [2.75, 3.05) is 82.4 Å². The molecule has 0 N–H and O–H groups in total. The highest BCUT2D eigenvalue weighted by molar-refractivity contribution is 5.82. The summed E-state index contributed by atoms with van der Waals surface area (Å²) in [5.74, 6) is 2.65. The Morgan fingerprint density at radius 3 is 2.63 bits per heavy atom. The number of hydrogen-bond acceptors (Lipinski definition) is 7. The second kappa shape index (κ2) is 8.39. The standard InChI is InChI=1S/C19H30N6O2/c1-22-5-6-25(14-19(22)26)18-11-17(20-15-21-18)24-4-2-3-16(13-24)12-23-7-9-27-10-8-23/h11,15-16H,2-10,12-14H2,1H3. The van der Waals surface area contributed by atoms with E-state index < -0.39 is 0 Å². The largest absolute Gasteiger partial charge is 0.379 e. The van der Waals surface area contributed by atoms with Crippen LogP contribution in [-0.2, 0) is 9.53 Å². The fourth-order valence-electron chi connectivity index (χ4n) is 4.21. The van der Waals surface area contributed by atoms with Crippen LogP contribution in [0, 0.1) is 5.92 Å². The SMILES string of the molecule is CN1CCN(c2cc(N3CCCC(CN4CCOCC4)C3)ncn2)CC1=O. The van der Waals surface area contributed by atoms with Crippen LogP contribution in [0.25, 0.3) is 0 Å². The van der Waals surface area contributed by atoms with Crippen molar-refractivity contribution in [3.8, 4) is 0 Å². The molecule has 4 rings (SSSR count). The molecule has 1 unspecified atom stereocenters. The molecule has 0 bridgehead atoms. The Bertz CT molecular complexity index is 651. The highest BCUT2D eigenvalue weighted by Crippen LogP contribution is 2.25. The summed E-state index contributed by atoms with van der Waals surface area (Å²) in [7, 11) is 1.85. The lowest BCUT2D eigenvalue weighted by Crippen LogP contribution is -2.49. The molecule has 8 nitrogen and oxygen atoms in total. The van der Waals surface area contributed by atoms with Crippen LogP contribution in [0.15, 0.2) is 12.4 Å². The molecule has 148 valence electrons. The van der Waals surface area contributed by atoms with E-state index in [0.29, 0.717) is 12.5 Å². The summed E-state index contributed by atoms with van der Waals surface area (Å²) in [4.78, 5) is 29.7. The van der Waals surface area contributed by atoms with Crippen molar-refractivity contribution in [3.05, 3.63) is 12.4 Å². The van der Waals surface area contributed by atoms with Crippen molar-refractivity contribution < 1.29 is 9.53 Å². The molecule has 0 radical (unpaired) electrons. The van der Waals surface area contributed by atoms with Gasteiger partial charge in [0.25, 0.3) is 0 Å². The summed E-state index contributed by atoms with van der Waals surface area (Å²) in [6.45, 7) is 8.98. The molecule has 3 aliphatic heterocycles. The maximum Gasteiger partial charge on any atom is 0.241 e. The number of nitrogens with zero attached hydrogens (tertiary/aromatic N) is 6. The van der Waals surface area contributed by atoms with Crippen LogP contribution in [-0.4, -0.2) is 98.3 Å². The van der Waals surface area contributed by atoms with Gasteiger partial charge >= 0.3 is 0 Å². The first-order valence-electron chi connectivity index (χ1n) is 10.0. The monoisotopic (exact) mass is 374 g/mol. The van der Waals surface area contributed by atoms with Gasteiger partial charge in [-0.1, -0.05) is 0 Å². The van der Waals surface area contributed by atoms with Crippen molar-refractivity contribution in [1.29, 1.82) is 0 Å². The Morgan fingerprint density at radius 2 is 1.85 bits per heavy atom. The van der Waals surface area contributed by atoms with Crippen LogP contribution in [0.2, 0.25) is 0 Å². The van der Waals surface area contributed by atoms with Crippen LogP contribution < -0.4 is 9.80 Å². The molecular formula is C19H30N6O2. The van der Waals surface area contributed by atoms with Gasteiger partial charge in [0, 0.05) is 58.9 Å². The van der Waals surface area contributed by atoms with E-state index in [1.807, 2.05) is 7.05 Å². The van der Waals surface area contributed by atoms with Crippen LogP contribution in [0.5, 0.6) is 0 Å². The predicted molar refractivity (Wildman–Crippen MR) is 104 cm³/mol. The van der Waals surface area contributed by atoms with E-state index >= 15 is 0 Å². The van der Waals surface area contributed by atoms with Gasteiger partial charge in [0.15, 0.2) is 0 Å². The molecule has 3 fully saturated rings. The summed E-state index contributed by atoms with van der Waals surface area (Å²) in [5, 5.41) is 0. The first kappa shape index (κ1) is 18.4. The van der Waals surface area contributed by atoms with Gasteiger partial charge in [-0.05, 0) is 18.8 Å². The molecule has 1 aromatic rings. The number of aromatic nitrogens is 2. The molecule has 8 heteroatoms. The highest BCUT2D eigenvalue weighted by atomic mass is 16.5. The van der Waals surface area contributed by atoms with Gasteiger partial charge in [0.05, 0.1) is 19.8 Å². The van der Waals surface area contributed by atoms with E-state index in [1.54, 1.807) is 11.2 Å². The average Bonchev–Trinajstić information content (AvgIpc) is 2.71. The van der Waals surface area contributed by atoms with Gasteiger partial charge in [-0.25, -0.2) is 9.97 Å². The van der Waals surface area contributed by atoms with Crippen molar-refractivity contribution >= 4 is 17.5 Å². The first-order chi connectivity index (χ1) is 13.2. The van der Waals surface area contributed by atoms with Gasteiger partial charge in [0.1, 0.15) is 18.0 Å². The molecule has 1 atom stereocenters. The van der Waals surface area contributed by atoms with Crippen molar-refractivity contribution in [3.63, 3.8) is 0 Å². The lowest BCUT2D eigenvalue weighted by Gasteiger charge is -2.37. The lowest BCUT2D eigenvalue weighted by atomic mass is 9.97. The highest BCUT2D eigenvalue weighted by Gasteiger charge is 2.26. The number of carbonyl (C=O) groups excluding carboxylic acids is 1. The van der Waals surface area contributed by atoms with E-state index in [2.05, 4.69) is 30.7 Å². The third-order valence-corrected chi connectivity index (χ3v) is 5.88. The van der Waals surface area contributed by atoms with E-state index in [9.17, 15) is 4.79 Å². The van der Waals surface area contributed by atoms with Crippen LogP contribution in [0.3, 0.4) is 0 Å². The predicted octanol–water partition coefficient (Wildman–Crippen LogP) is 0.304. The number of likely N-dealkylation sites (N-methyl/N-ethyl adjacent to an activating group) is 1. The Labute approximate surface area is 161 Å². The zero-order valence-corrected chi connectivity index (χ0v) is 16.2. The van der Waals surface area contributed by atoms with Crippen molar-refractivity contribution in [1.82, 2.24) is 19.8 Å². The van der Waals surface area contributed by atoms with Gasteiger partial charge < -0.3 is 19.4 Å². The number of morpholine rings is 1. The molecule has 1 aromatic heterocycles. The fourth-order valence-corrected chi connectivity index (χ4v) is 4.21. The maximum atomic E-state index is 12.0. The number of piperazine rings is 1. The molecule has 3 aliphatic rings. The van der Waals surface area contributed by atoms with Crippen LogP contribution in [0.1, 0.15) is 12.8 Å². The van der Waals surface area contributed by atoms with Gasteiger partial charge in [0.2, 0.25) is 5.91 Å². The quantitative estimate of drug-likeness (QED) is 0.751. The minimum absolute atomic E-state index is 0.143. The van der Waals surface area contributed by atoms with Crippen LogP contribution >= 0.6 is 0 Å². The average molecular weight is 374 g/mol. The molecule has 0 saturated carbocycles. The van der Waals surface area contributed by atoms with Crippen molar-refractivity contribution in [2.45, 2.75) is 12.8 Å². The second-order valence-electron chi connectivity index (χ2n) is 7.84. The second-order valence-corrected chi connectivity index (χ2v) is 7.84. The van der Waals surface area contributed by atoms with E-state index in [0.717, 1.165) is 70.7 Å². The number of ether oxygens (including phenoxy) is 1. The fraction of sp³-hybridized carbons (Fsp3) is 0.737. The van der Waals surface area contributed by atoms with E-state index in [1.165, 1.54) is 12.8 Å². The molecular weight excluding hydrogens is 344 g/mol. The summed E-state index contributed by atoms with van der Waals surface area (Å²) >= 11 is 0. The molecule has 27 heavy (non-hydrogen) atoms. The maximum absolute atomic E-state index is 12.0. The molecule has 4 heterocycles. The summed E-state index contributed by atoms with van der Waals surface area (Å²) in [6, 6.07) is 2.05. The minimum Gasteiger partial charge on any atom is -0.379 e. The minimum atomic E-state index is 0.143. The summed E-state index contributed by atoms with van der Waals surface area (Å²) < 4.78 is 5.46. The van der Waals surface area contributed by atoms with Gasteiger partial charge in [-0.3, -0.25) is 9.69 Å². The lowest BCUT2D eigenvalue weighted by molar-refractivity contribution is -0.129. The normalized spacial score (nSPS) is 25.1. The molecule has 0 aliphatic carbocycles. The Kier molecular flexibility index (Phi) is 5.73. The molecule has 1 amide bonds. The zero-order chi connectivity index (χ0) is 18.6. The summed E-state index contributed by atoms with van der Waals surface area (Å²) in [6.07, 6.45) is 4.11. The Balaban J connectivity index is 1.39. The number of hydrogen-bond donors (Lipinski definition) is 0. The van der Waals surface area contributed by atoms with Gasteiger partial charge in [-0.15, -0.1) is 0 Å². The third-order valence-electron chi connectivity index (χ3n) is 5.88. The number of anilines is 2. The number of piperidine rings is 1. The number of amides is 1. The smallest absolute Gasteiger partial charge is 0.241 e. The molecule has 0 aromatic carbocycles. The van der Waals surface area contributed by atoms with Gasteiger partial charge in [-0.2, -0.15) is 0 Å². The van der Waals surface area contributed by atoms with Crippen molar-refractivity contribution in [2.24, 2.45) is 5.92 Å². The third kappa shape index (κ3) is 4.50. The molecule has 0 spiro atoms. The number of rotatable bonds is 4. The van der Waals surface area contributed by atoms with E-state index in [4.69, 9.17) is 4.74 Å². The zero-order valence-electron chi connectivity index (χ0n) is 16.2. The van der Waals surface area contributed by atoms with Crippen LogP contribution in [0.4, 0.5) is 11.6 Å². The first-order valence-corrected chi connectivity index (χ1v) is 10.0. The Hall–Kier alpha value is -1.93. The molecule has 3 saturated heterocycles. The topological polar surface area (TPSA) is 65.0 Å².